The maximum Gasteiger partial charge on any atom is 0.217 e. The van der Waals surface area contributed by atoms with Gasteiger partial charge >= 0.3 is 0 Å². The smallest absolute Gasteiger partial charge is 0.217 e. The zero-order chi connectivity index (χ0) is 10.4. The third-order valence-corrected chi connectivity index (χ3v) is 2.74. The fourth-order valence-corrected chi connectivity index (χ4v) is 1.90. The van der Waals surface area contributed by atoms with E-state index in [0.717, 1.165) is 32.2 Å². The Kier molecular flexibility index (Phi) is 4.90. The van der Waals surface area contributed by atoms with Crippen LogP contribution in [0.15, 0.2) is 0 Å². The van der Waals surface area contributed by atoms with Crippen molar-refractivity contribution < 1.29 is 9.90 Å². The number of carbonyl (C=O) groups excluding carboxylic acids is 1. The first-order valence-electron chi connectivity index (χ1n) is 5.40. The number of nitrogens with two attached hydrogens (primary N) is 1. The van der Waals surface area contributed by atoms with Gasteiger partial charge in [-0.25, -0.2) is 0 Å². The van der Waals surface area contributed by atoms with Gasteiger partial charge in [-0.05, 0) is 25.8 Å². The van der Waals surface area contributed by atoms with Gasteiger partial charge in [-0.2, -0.15) is 0 Å². The average molecular weight is 200 g/mol. The first-order chi connectivity index (χ1) is 6.70. The molecule has 14 heavy (non-hydrogen) atoms. The molecule has 0 bridgehead atoms. The first-order valence-corrected chi connectivity index (χ1v) is 5.40. The van der Waals surface area contributed by atoms with Crippen LogP contribution in [0.5, 0.6) is 0 Å². The Balaban J connectivity index is 2.07. The third kappa shape index (κ3) is 4.07. The molecule has 0 saturated heterocycles. The van der Waals surface area contributed by atoms with Gasteiger partial charge in [-0.3, -0.25) is 4.79 Å². The van der Waals surface area contributed by atoms with Crippen LogP contribution in [-0.2, 0) is 4.79 Å². The van der Waals surface area contributed by atoms with Gasteiger partial charge < -0.3 is 16.2 Å². The standard InChI is InChI=1S/C10H20N2O2/c11-10(14)6-3-7-12-8-4-1-2-5-9(8)13/h8-9,12-13H,1-7H2,(H2,11,14). The summed E-state index contributed by atoms with van der Waals surface area (Å²) in [5.74, 6) is -0.254. The fourth-order valence-electron chi connectivity index (χ4n) is 1.90. The molecule has 1 aliphatic carbocycles. The molecule has 4 nitrogen and oxygen atoms in total. The van der Waals surface area contributed by atoms with Gasteiger partial charge in [0.05, 0.1) is 6.10 Å². The van der Waals surface area contributed by atoms with Gasteiger partial charge in [0.1, 0.15) is 0 Å². The van der Waals surface area contributed by atoms with E-state index in [4.69, 9.17) is 5.73 Å². The van der Waals surface area contributed by atoms with Crippen LogP contribution in [0.25, 0.3) is 0 Å². The molecule has 1 fully saturated rings. The second-order valence-electron chi connectivity index (χ2n) is 3.98. The van der Waals surface area contributed by atoms with Crippen LogP contribution >= 0.6 is 0 Å². The van der Waals surface area contributed by atoms with E-state index in [2.05, 4.69) is 5.32 Å². The van der Waals surface area contributed by atoms with Crippen LogP contribution in [0.2, 0.25) is 0 Å². The van der Waals surface area contributed by atoms with Crippen molar-refractivity contribution in [3.63, 3.8) is 0 Å². The van der Waals surface area contributed by atoms with Crippen LogP contribution < -0.4 is 11.1 Å². The minimum Gasteiger partial charge on any atom is -0.392 e. The lowest BCUT2D eigenvalue weighted by molar-refractivity contribution is -0.118. The van der Waals surface area contributed by atoms with E-state index in [1.165, 1.54) is 6.42 Å². The number of hydrogen-bond acceptors (Lipinski definition) is 3. The van der Waals surface area contributed by atoms with Crippen molar-refractivity contribution in [1.29, 1.82) is 0 Å². The summed E-state index contributed by atoms with van der Waals surface area (Å²) in [6.45, 7) is 0.769. The van der Waals surface area contributed by atoms with Crippen LogP contribution in [-0.4, -0.2) is 29.7 Å². The largest absolute Gasteiger partial charge is 0.392 e. The number of primary amides is 1. The molecule has 0 heterocycles. The van der Waals surface area contributed by atoms with Crippen molar-refractivity contribution >= 4 is 5.91 Å². The summed E-state index contributed by atoms with van der Waals surface area (Å²) in [5.41, 5.74) is 5.02. The zero-order valence-corrected chi connectivity index (χ0v) is 8.54. The van der Waals surface area contributed by atoms with Gasteiger partial charge in [0.25, 0.3) is 0 Å². The summed E-state index contributed by atoms with van der Waals surface area (Å²) >= 11 is 0. The first kappa shape index (κ1) is 11.5. The zero-order valence-electron chi connectivity index (χ0n) is 8.54. The summed E-state index contributed by atoms with van der Waals surface area (Å²) in [4.78, 5) is 10.5. The Morgan fingerprint density at radius 3 is 2.79 bits per heavy atom. The van der Waals surface area contributed by atoms with Crippen LogP contribution in [0.4, 0.5) is 0 Å². The second-order valence-corrected chi connectivity index (χ2v) is 3.98. The maximum absolute atomic E-state index is 10.5. The molecule has 0 radical (unpaired) electrons. The number of nitrogens with one attached hydrogen (secondary N) is 1. The lowest BCUT2D eigenvalue weighted by atomic mass is 9.92. The Hall–Kier alpha value is -0.610. The van der Waals surface area contributed by atoms with Gasteiger partial charge in [0, 0.05) is 12.5 Å². The molecule has 1 amide bonds. The molecule has 2 atom stereocenters. The highest BCUT2D eigenvalue weighted by molar-refractivity contribution is 5.73. The SMILES string of the molecule is NC(=O)CCCNC1CCCCC1O. The lowest BCUT2D eigenvalue weighted by Crippen LogP contribution is -2.42. The van der Waals surface area contributed by atoms with Crippen molar-refractivity contribution in [2.45, 2.75) is 50.7 Å². The number of aliphatic hydroxyl groups excluding tert-OH is 1. The van der Waals surface area contributed by atoms with E-state index in [1.807, 2.05) is 0 Å². The van der Waals surface area contributed by atoms with E-state index >= 15 is 0 Å². The Morgan fingerprint density at radius 1 is 1.43 bits per heavy atom. The molecular weight excluding hydrogens is 180 g/mol. The van der Waals surface area contributed by atoms with Gasteiger partial charge in [-0.1, -0.05) is 12.8 Å². The van der Waals surface area contributed by atoms with Crippen molar-refractivity contribution in [3.8, 4) is 0 Å². The fraction of sp³-hybridized carbons (Fsp3) is 0.900. The molecule has 0 aromatic rings. The molecule has 4 N–H and O–H groups in total. The minimum absolute atomic E-state index is 0.211. The molecule has 0 aromatic carbocycles. The summed E-state index contributed by atoms with van der Waals surface area (Å²) < 4.78 is 0. The van der Waals surface area contributed by atoms with E-state index in [1.54, 1.807) is 0 Å². The molecule has 2 unspecified atom stereocenters. The van der Waals surface area contributed by atoms with Gasteiger partial charge in [0.2, 0.25) is 5.91 Å². The molecule has 0 spiro atoms. The Morgan fingerprint density at radius 2 is 2.14 bits per heavy atom. The van der Waals surface area contributed by atoms with Gasteiger partial charge in [-0.15, -0.1) is 0 Å². The summed E-state index contributed by atoms with van der Waals surface area (Å²) in [5, 5.41) is 12.9. The number of rotatable bonds is 5. The number of hydrogen-bond donors (Lipinski definition) is 3. The van der Waals surface area contributed by atoms with Crippen LogP contribution in [0.1, 0.15) is 38.5 Å². The quantitative estimate of drug-likeness (QED) is 0.553. The Bertz CT molecular complexity index is 185. The summed E-state index contributed by atoms with van der Waals surface area (Å²) in [6.07, 6.45) is 5.22. The normalized spacial score (nSPS) is 27.5. The molecule has 1 aliphatic rings. The average Bonchev–Trinajstić information content (AvgIpc) is 2.15. The number of aliphatic hydroxyl groups is 1. The van der Waals surface area contributed by atoms with Crippen LogP contribution in [0.3, 0.4) is 0 Å². The monoisotopic (exact) mass is 200 g/mol. The third-order valence-electron chi connectivity index (χ3n) is 2.74. The predicted octanol–water partition coefficient (Wildman–Crippen LogP) is 0.145. The Labute approximate surface area is 84.9 Å². The predicted molar refractivity (Wildman–Crippen MR) is 54.7 cm³/mol. The highest BCUT2D eigenvalue weighted by atomic mass is 16.3. The number of carbonyl (C=O) groups is 1. The van der Waals surface area contributed by atoms with E-state index in [9.17, 15) is 9.90 Å². The van der Waals surface area contributed by atoms with Crippen molar-refractivity contribution in [3.05, 3.63) is 0 Å². The summed E-state index contributed by atoms with van der Waals surface area (Å²) in [6, 6.07) is 0.219. The molecule has 82 valence electrons. The van der Waals surface area contributed by atoms with Gasteiger partial charge in [0.15, 0.2) is 0 Å². The highest BCUT2D eigenvalue weighted by Crippen LogP contribution is 2.18. The molecule has 0 aliphatic heterocycles. The van der Waals surface area contributed by atoms with E-state index < -0.39 is 0 Å². The number of amides is 1. The van der Waals surface area contributed by atoms with Crippen molar-refractivity contribution in [2.75, 3.05) is 6.54 Å². The molecule has 1 rings (SSSR count). The lowest BCUT2D eigenvalue weighted by Gasteiger charge is -2.28. The van der Waals surface area contributed by atoms with Crippen LogP contribution in [0, 0.1) is 0 Å². The minimum atomic E-state index is -0.254. The van der Waals surface area contributed by atoms with Crippen molar-refractivity contribution in [2.24, 2.45) is 5.73 Å². The highest BCUT2D eigenvalue weighted by Gasteiger charge is 2.21. The molecular formula is C10H20N2O2. The van der Waals surface area contributed by atoms with E-state index in [-0.39, 0.29) is 18.1 Å². The molecule has 1 saturated carbocycles. The maximum atomic E-state index is 10.5. The molecule has 4 heteroatoms. The second kappa shape index (κ2) is 5.98. The van der Waals surface area contributed by atoms with Crippen molar-refractivity contribution in [1.82, 2.24) is 5.32 Å². The van der Waals surface area contributed by atoms with E-state index in [0.29, 0.717) is 6.42 Å². The topological polar surface area (TPSA) is 75.4 Å². The molecule has 0 aromatic heterocycles. The summed E-state index contributed by atoms with van der Waals surface area (Å²) in [7, 11) is 0.